The number of carboxylic acid groups (broad SMARTS) is 1. The molecule has 2 saturated heterocycles. The number of alkyl carbamates (subject to hydrolysis) is 1. The Kier molecular flexibility index (Phi) is 6.72. The van der Waals surface area contributed by atoms with Crippen LogP contribution in [0.1, 0.15) is 42.7 Å². The zero-order valence-electron chi connectivity index (χ0n) is 19.5. The first-order valence-corrected chi connectivity index (χ1v) is 12.2. The van der Waals surface area contributed by atoms with Crippen molar-refractivity contribution in [2.75, 3.05) is 26.3 Å². The van der Waals surface area contributed by atoms with Gasteiger partial charge in [0.1, 0.15) is 6.61 Å². The quantitative estimate of drug-likeness (QED) is 0.603. The maximum absolute atomic E-state index is 12.9. The Hall–Kier alpha value is -3.39. The van der Waals surface area contributed by atoms with E-state index in [1.807, 2.05) is 24.3 Å². The Morgan fingerprint density at radius 2 is 1.69 bits per heavy atom. The van der Waals surface area contributed by atoms with Crippen molar-refractivity contribution in [1.29, 1.82) is 0 Å². The zero-order valence-corrected chi connectivity index (χ0v) is 19.5. The lowest BCUT2D eigenvalue weighted by Gasteiger charge is -2.41. The fourth-order valence-corrected chi connectivity index (χ4v) is 5.43. The zero-order chi connectivity index (χ0) is 24.4. The van der Waals surface area contributed by atoms with Crippen LogP contribution >= 0.6 is 0 Å². The molecule has 2 N–H and O–H groups in total. The Bertz CT molecular complexity index is 1070. The van der Waals surface area contributed by atoms with E-state index >= 15 is 0 Å². The summed E-state index contributed by atoms with van der Waals surface area (Å²) in [5, 5.41) is 11.6. The van der Waals surface area contributed by atoms with Crippen LogP contribution < -0.4 is 5.32 Å². The summed E-state index contributed by atoms with van der Waals surface area (Å²) in [5.41, 5.74) is 4.63. The Morgan fingerprint density at radius 1 is 1.03 bits per heavy atom. The first kappa shape index (κ1) is 23.4. The molecule has 2 aromatic rings. The normalized spacial score (nSPS) is 21.2. The molecule has 8 heteroatoms. The minimum absolute atomic E-state index is 0.0236. The molecule has 0 saturated carbocycles. The minimum Gasteiger partial charge on any atom is -0.481 e. The topological polar surface area (TPSA) is 105 Å². The van der Waals surface area contributed by atoms with Gasteiger partial charge in [0, 0.05) is 32.0 Å². The maximum Gasteiger partial charge on any atom is 0.407 e. The second kappa shape index (κ2) is 10.1. The molecule has 2 aromatic carbocycles. The summed E-state index contributed by atoms with van der Waals surface area (Å²) in [5.74, 6) is -0.613. The SMILES string of the molecule is O=C(O)CCCC1CN(C(=O)[C@H]2OCC[C@H]2NC(=O)OCC2c3ccccc3-c3ccccc32)C1. The Labute approximate surface area is 204 Å². The number of aliphatic carboxylic acids is 1. The number of carboxylic acids is 1. The summed E-state index contributed by atoms with van der Waals surface area (Å²) in [6.07, 6.45) is 0.862. The highest BCUT2D eigenvalue weighted by Crippen LogP contribution is 2.44. The molecule has 0 aromatic heterocycles. The van der Waals surface area contributed by atoms with Crippen LogP contribution in [0.3, 0.4) is 0 Å². The van der Waals surface area contributed by atoms with Gasteiger partial charge in [-0.2, -0.15) is 0 Å². The molecule has 2 amide bonds. The summed E-state index contributed by atoms with van der Waals surface area (Å²) >= 11 is 0. The van der Waals surface area contributed by atoms with Crippen molar-refractivity contribution in [3.63, 3.8) is 0 Å². The molecule has 35 heavy (non-hydrogen) atoms. The summed E-state index contributed by atoms with van der Waals surface area (Å²) in [6, 6.07) is 15.9. The van der Waals surface area contributed by atoms with E-state index in [0.29, 0.717) is 38.5 Å². The van der Waals surface area contributed by atoms with Gasteiger partial charge in [0.15, 0.2) is 6.10 Å². The van der Waals surface area contributed by atoms with Crippen molar-refractivity contribution in [3.05, 3.63) is 59.7 Å². The van der Waals surface area contributed by atoms with Gasteiger partial charge in [-0.3, -0.25) is 9.59 Å². The van der Waals surface area contributed by atoms with Crippen LogP contribution in [0.5, 0.6) is 0 Å². The lowest BCUT2D eigenvalue weighted by Crippen LogP contribution is -2.57. The van der Waals surface area contributed by atoms with Crippen LogP contribution in [-0.4, -0.2) is 66.4 Å². The monoisotopic (exact) mass is 478 g/mol. The van der Waals surface area contributed by atoms with Crippen LogP contribution in [0.15, 0.2) is 48.5 Å². The van der Waals surface area contributed by atoms with E-state index in [0.717, 1.165) is 17.5 Å². The van der Waals surface area contributed by atoms with Gasteiger partial charge in [0.25, 0.3) is 5.91 Å². The number of hydrogen-bond donors (Lipinski definition) is 2. The van der Waals surface area contributed by atoms with Crippen molar-refractivity contribution < 1.29 is 29.0 Å². The van der Waals surface area contributed by atoms with Gasteiger partial charge < -0.3 is 24.8 Å². The largest absolute Gasteiger partial charge is 0.481 e. The third kappa shape index (κ3) is 4.89. The van der Waals surface area contributed by atoms with E-state index in [4.69, 9.17) is 14.6 Å². The minimum atomic E-state index is -0.793. The molecular formula is C27H30N2O6. The number of likely N-dealkylation sites (tertiary alicyclic amines) is 1. The average molecular weight is 479 g/mol. The molecule has 3 aliphatic rings. The number of carbonyl (C=O) groups excluding carboxylic acids is 2. The fourth-order valence-electron chi connectivity index (χ4n) is 5.43. The third-order valence-corrected chi connectivity index (χ3v) is 7.25. The predicted molar refractivity (Wildman–Crippen MR) is 128 cm³/mol. The van der Waals surface area contributed by atoms with Gasteiger partial charge in [0.2, 0.25) is 0 Å². The summed E-state index contributed by atoms with van der Waals surface area (Å²) in [6.45, 7) is 1.84. The summed E-state index contributed by atoms with van der Waals surface area (Å²) in [4.78, 5) is 38.0. The second-order valence-corrected chi connectivity index (χ2v) is 9.55. The second-order valence-electron chi connectivity index (χ2n) is 9.55. The van der Waals surface area contributed by atoms with Crippen molar-refractivity contribution in [3.8, 4) is 11.1 Å². The standard InChI is InChI=1S/C27H30N2O6/c30-24(31)11-5-6-17-14-29(15-17)26(32)25-23(12-13-34-25)28-27(33)35-16-22-20-9-3-1-7-18(20)19-8-2-4-10-21(19)22/h1-4,7-10,17,22-23,25H,5-6,11-16H2,(H,28,33)(H,30,31)/t23-,25+/m1/s1. The lowest BCUT2D eigenvalue weighted by atomic mass is 9.93. The summed E-state index contributed by atoms with van der Waals surface area (Å²) in [7, 11) is 0. The van der Waals surface area contributed by atoms with Gasteiger partial charge in [-0.05, 0) is 47.4 Å². The van der Waals surface area contributed by atoms with E-state index in [1.165, 1.54) is 11.1 Å². The number of hydrogen-bond acceptors (Lipinski definition) is 5. The van der Waals surface area contributed by atoms with E-state index in [2.05, 4.69) is 29.6 Å². The van der Waals surface area contributed by atoms with E-state index in [1.54, 1.807) is 4.90 Å². The van der Waals surface area contributed by atoms with Gasteiger partial charge >= 0.3 is 12.1 Å². The van der Waals surface area contributed by atoms with Crippen LogP contribution in [0.25, 0.3) is 11.1 Å². The molecule has 184 valence electrons. The molecule has 2 aliphatic heterocycles. The van der Waals surface area contributed by atoms with Crippen LogP contribution in [0.2, 0.25) is 0 Å². The number of benzene rings is 2. The number of fused-ring (bicyclic) bond motifs is 3. The Morgan fingerprint density at radius 3 is 2.34 bits per heavy atom. The van der Waals surface area contributed by atoms with Gasteiger partial charge in [-0.15, -0.1) is 0 Å². The first-order chi connectivity index (χ1) is 17.0. The van der Waals surface area contributed by atoms with Crippen molar-refractivity contribution >= 4 is 18.0 Å². The van der Waals surface area contributed by atoms with Crippen LogP contribution in [0.4, 0.5) is 4.79 Å². The van der Waals surface area contributed by atoms with Gasteiger partial charge in [0.05, 0.1) is 6.04 Å². The number of nitrogens with zero attached hydrogens (tertiary/aromatic N) is 1. The van der Waals surface area contributed by atoms with E-state index in [9.17, 15) is 14.4 Å². The molecule has 2 atom stereocenters. The lowest BCUT2D eigenvalue weighted by molar-refractivity contribution is -0.148. The highest BCUT2D eigenvalue weighted by Gasteiger charge is 2.42. The molecule has 2 heterocycles. The molecule has 0 spiro atoms. The third-order valence-electron chi connectivity index (χ3n) is 7.25. The van der Waals surface area contributed by atoms with E-state index < -0.39 is 24.2 Å². The molecule has 1 aliphatic carbocycles. The molecule has 5 rings (SSSR count). The highest BCUT2D eigenvalue weighted by atomic mass is 16.6. The number of nitrogens with one attached hydrogen (secondary N) is 1. The predicted octanol–water partition coefficient (Wildman–Crippen LogP) is 3.40. The van der Waals surface area contributed by atoms with Gasteiger partial charge in [-0.1, -0.05) is 48.5 Å². The molecule has 0 radical (unpaired) electrons. The number of carbonyl (C=O) groups is 3. The molecule has 2 fully saturated rings. The molecule has 0 bridgehead atoms. The number of rotatable bonds is 8. The summed E-state index contributed by atoms with van der Waals surface area (Å²) < 4.78 is 11.3. The maximum atomic E-state index is 12.9. The molecular weight excluding hydrogens is 448 g/mol. The van der Waals surface area contributed by atoms with Crippen molar-refractivity contribution in [1.82, 2.24) is 10.2 Å². The van der Waals surface area contributed by atoms with E-state index in [-0.39, 0.29) is 24.9 Å². The van der Waals surface area contributed by atoms with Crippen molar-refractivity contribution in [2.24, 2.45) is 5.92 Å². The van der Waals surface area contributed by atoms with Crippen molar-refractivity contribution in [2.45, 2.75) is 43.7 Å². The Balaban J connectivity index is 1.12. The molecule has 8 nitrogen and oxygen atoms in total. The van der Waals surface area contributed by atoms with Gasteiger partial charge in [-0.25, -0.2) is 4.79 Å². The number of ether oxygens (including phenoxy) is 2. The number of amides is 2. The highest BCUT2D eigenvalue weighted by molar-refractivity contribution is 5.84. The van der Waals surface area contributed by atoms with Crippen LogP contribution in [-0.2, 0) is 19.1 Å². The molecule has 0 unspecified atom stereocenters. The first-order valence-electron chi connectivity index (χ1n) is 12.2. The average Bonchev–Trinajstić information content (AvgIpc) is 3.41. The fraction of sp³-hybridized carbons (Fsp3) is 0.444. The smallest absolute Gasteiger partial charge is 0.407 e. The van der Waals surface area contributed by atoms with Crippen LogP contribution in [0, 0.1) is 5.92 Å².